The van der Waals surface area contributed by atoms with Gasteiger partial charge in [-0.3, -0.25) is 4.79 Å². The number of aromatic nitrogens is 1. The highest BCUT2D eigenvalue weighted by Gasteiger charge is 2.17. The van der Waals surface area contributed by atoms with Crippen molar-refractivity contribution < 1.29 is 14.3 Å². The van der Waals surface area contributed by atoms with Gasteiger partial charge in [0.2, 0.25) is 5.91 Å². The second-order valence-corrected chi connectivity index (χ2v) is 6.72. The standard InChI is InChI=1S/C17H20FN3O2S/c18-13-6-4-5-12(9-13)14(22)10-16(23)19-15-11-24-17(20-15)21-7-2-1-3-8-21/h4-6,9,11,14,22H,1-3,7-8,10H2,(H,19,23). The molecule has 3 rings (SSSR count). The Morgan fingerprint density at radius 2 is 2.17 bits per heavy atom. The maximum atomic E-state index is 13.2. The van der Waals surface area contributed by atoms with Crippen molar-refractivity contribution >= 4 is 28.2 Å². The van der Waals surface area contributed by atoms with Crippen LogP contribution >= 0.6 is 11.3 Å². The average Bonchev–Trinajstić information content (AvgIpc) is 3.04. The van der Waals surface area contributed by atoms with E-state index >= 15 is 0 Å². The Balaban J connectivity index is 1.56. The number of carbonyl (C=O) groups excluding carboxylic acids is 1. The van der Waals surface area contributed by atoms with Crippen molar-refractivity contribution in [2.75, 3.05) is 23.3 Å². The van der Waals surface area contributed by atoms with E-state index in [1.54, 1.807) is 11.4 Å². The van der Waals surface area contributed by atoms with Crippen LogP contribution in [0.2, 0.25) is 0 Å². The van der Waals surface area contributed by atoms with Gasteiger partial charge in [-0.25, -0.2) is 9.37 Å². The number of hydrogen-bond donors (Lipinski definition) is 2. The van der Waals surface area contributed by atoms with E-state index in [0.717, 1.165) is 18.2 Å². The monoisotopic (exact) mass is 349 g/mol. The molecule has 0 saturated carbocycles. The van der Waals surface area contributed by atoms with Crippen LogP contribution in [0.25, 0.3) is 0 Å². The number of nitrogens with one attached hydrogen (secondary N) is 1. The number of hydrogen-bond acceptors (Lipinski definition) is 5. The molecule has 7 heteroatoms. The number of rotatable bonds is 5. The van der Waals surface area contributed by atoms with Gasteiger partial charge in [-0.1, -0.05) is 12.1 Å². The van der Waals surface area contributed by atoms with E-state index in [1.165, 1.54) is 48.8 Å². The molecule has 1 aliphatic heterocycles. The Kier molecular flexibility index (Phi) is 5.42. The van der Waals surface area contributed by atoms with Crippen LogP contribution in [0.15, 0.2) is 29.6 Å². The number of benzene rings is 1. The number of halogens is 1. The maximum Gasteiger partial charge on any atom is 0.228 e. The van der Waals surface area contributed by atoms with E-state index in [0.29, 0.717) is 11.4 Å². The van der Waals surface area contributed by atoms with Crippen molar-refractivity contribution in [1.29, 1.82) is 0 Å². The third kappa shape index (κ3) is 4.30. The second-order valence-electron chi connectivity index (χ2n) is 5.89. The van der Waals surface area contributed by atoms with Crippen LogP contribution in [0.1, 0.15) is 37.4 Å². The third-order valence-corrected chi connectivity index (χ3v) is 4.90. The molecule has 0 radical (unpaired) electrons. The van der Waals surface area contributed by atoms with Crippen LogP contribution in [0, 0.1) is 5.82 Å². The number of carbonyl (C=O) groups is 1. The summed E-state index contributed by atoms with van der Waals surface area (Å²) in [5.74, 6) is -0.281. The Bertz CT molecular complexity index is 701. The normalized spacial score (nSPS) is 16.0. The molecule has 1 aliphatic rings. The Hall–Kier alpha value is -1.99. The van der Waals surface area contributed by atoms with Gasteiger partial charge < -0.3 is 15.3 Å². The number of aliphatic hydroxyl groups is 1. The average molecular weight is 349 g/mol. The van der Waals surface area contributed by atoms with Crippen LogP contribution in [-0.4, -0.2) is 29.1 Å². The molecule has 0 spiro atoms. The first-order valence-electron chi connectivity index (χ1n) is 8.05. The highest BCUT2D eigenvalue weighted by molar-refractivity contribution is 7.14. The molecule has 0 bridgehead atoms. The maximum absolute atomic E-state index is 13.2. The highest BCUT2D eigenvalue weighted by Crippen LogP contribution is 2.26. The summed E-state index contributed by atoms with van der Waals surface area (Å²) in [7, 11) is 0. The number of thiazole rings is 1. The Morgan fingerprint density at radius 1 is 1.38 bits per heavy atom. The van der Waals surface area contributed by atoms with Crippen LogP contribution in [0.3, 0.4) is 0 Å². The van der Waals surface area contributed by atoms with Crippen molar-refractivity contribution in [3.05, 3.63) is 41.0 Å². The van der Waals surface area contributed by atoms with E-state index in [2.05, 4.69) is 15.2 Å². The summed E-state index contributed by atoms with van der Waals surface area (Å²) < 4.78 is 13.2. The van der Waals surface area contributed by atoms with Crippen molar-refractivity contribution in [1.82, 2.24) is 4.98 Å². The van der Waals surface area contributed by atoms with E-state index in [9.17, 15) is 14.3 Å². The molecule has 0 aliphatic carbocycles. The zero-order chi connectivity index (χ0) is 16.9. The fourth-order valence-electron chi connectivity index (χ4n) is 2.75. The third-order valence-electron chi connectivity index (χ3n) is 4.00. The molecule has 1 aromatic heterocycles. The lowest BCUT2D eigenvalue weighted by Gasteiger charge is -2.25. The number of anilines is 2. The van der Waals surface area contributed by atoms with Gasteiger partial charge in [0, 0.05) is 18.5 Å². The summed E-state index contributed by atoms with van der Waals surface area (Å²) in [6.45, 7) is 2.00. The van der Waals surface area contributed by atoms with E-state index in [4.69, 9.17) is 0 Å². The van der Waals surface area contributed by atoms with E-state index < -0.39 is 11.9 Å². The number of nitrogens with zero attached hydrogens (tertiary/aromatic N) is 2. The molecule has 128 valence electrons. The first-order chi connectivity index (χ1) is 11.6. The lowest BCUT2D eigenvalue weighted by atomic mass is 10.1. The summed E-state index contributed by atoms with van der Waals surface area (Å²) in [4.78, 5) is 18.7. The fraction of sp³-hybridized carbons (Fsp3) is 0.412. The minimum absolute atomic E-state index is 0.139. The zero-order valence-corrected chi connectivity index (χ0v) is 14.1. The smallest absolute Gasteiger partial charge is 0.228 e. The molecule has 1 aromatic carbocycles. The van der Waals surface area contributed by atoms with Crippen LogP contribution < -0.4 is 10.2 Å². The zero-order valence-electron chi connectivity index (χ0n) is 13.2. The molecule has 1 saturated heterocycles. The van der Waals surface area contributed by atoms with Gasteiger partial charge >= 0.3 is 0 Å². The van der Waals surface area contributed by atoms with Gasteiger partial charge in [0.25, 0.3) is 0 Å². The Morgan fingerprint density at radius 3 is 2.92 bits per heavy atom. The minimum Gasteiger partial charge on any atom is -0.388 e. The fourth-order valence-corrected chi connectivity index (χ4v) is 3.56. The highest BCUT2D eigenvalue weighted by atomic mass is 32.1. The molecule has 2 N–H and O–H groups in total. The molecule has 1 fully saturated rings. The van der Waals surface area contributed by atoms with Crippen LogP contribution in [0.5, 0.6) is 0 Å². The van der Waals surface area contributed by atoms with Gasteiger partial charge in [0.15, 0.2) is 5.13 Å². The van der Waals surface area contributed by atoms with E-state index in [1.807, 2.05) is 0 Å². The molecule has 24 heavy (non-hydrogen) atoms. The summed E-state index contributed by atoms with van der Waals surface area (Å²) in [5.41, 5.74) is 0.387. The SMILES string of the molecule is O=C(CC(O)c1cccc(F)c1)Nc1csc(N2CCCCC2)n1. The van der Waals surface area contributed by atoms with Crippen molar-refractivity contribution in [2.24, 2.45) is 0 Å². The van der Waals surface area contributed by atoms with Gasteiger partial charge in [-0.2, -0.15) is 0 Å². The summed E-state index contributed by atoms with van der Waals surface area (Å²) in [6.07, 6.45) is 2.41. The van der Waals surface area contributed by atoms with Gasteiger partial charge in [-0.15, -0.1) is 11.3 Å². The predicted octanol–water partition coefficient (Wildman–Crippen LogP) is 3.33. The molecule has 2 heterocycles. The van der Waals surface area contributed by atoms with Crippen LogP contribution in [0.4, 0.5) is 15.3 Å². The predicted molar refractivity (Wildman–Crippen MR) is 92.8 cm³/mol. The van der Waals surface area contributed by atoms with Crippen LogP contribution in [-0.2, 0) is 4.79 Å². The minimum atomic E-state index is -1.04. The molecule has 1 amide bonds. The lowest BCUT2D eigenvalue weighted by Crippen LogP contribution is -2.29. The summed E-state index contributed by atoms with van der Waals surface area (Å²) >= 11 is 1.50. The van der Waals surface area contributed by atoms with Gasteiger partial charge in [0.1, 0.15) is 11.6 Å². The first kappa shape index (κ1) is 16.9. The largest absolute Gasteiger partial charge is 0.388 e. The summed E-state index contributed by atoms with van der Waals surface area (Å²) in [5, 5.41) is 15.5. The van der Waals surface area contributed by atoms with Gasteiger partial charge in [0.05, 0.1) is 12.5 Å². The second kappa shape index (κ2) is 7.72. The van der Waals surface area contributed by atoms with Crippen molar-refractivity contribution in [2.45, 2.75) is 31.8 Å². The lowest BCUT2D eigenvalue weighted by molar-refractivity contribution is -0.118. The molecule has 1 unspecified atom stereocenters. The molecular weight excluding hydrogens is 329 g/mol. The van der Waals surface area contributed by atoms with E-state index in [-0.39, 0.29) is 12.3 Å². The molecule has 1 atom stereocenters. The topological polar surface area (TPSA) is 65.5 Å². The number of aliphatic hydroxyl groups excluding tert-OH is 1. The van der Waals surface area contributed by atoms with Crippen molar-refractivity contribution in [3.63, 3.8) is 0 Å². The first-order valence-corrected chi connectivity index (χ1v) is 8.93. The number of piperidine rings is 1. The molecule has 2 aromatic rings. The van der Waals surface area contributed by atoms with Crippen molar-refractivity contribution in [3.8, 4) is 0 Å². The molecular formula is C17H20FN3O2S. The number of amides is 1. The quantitative estimate of drug-likeness (QED) is 0.869. The molecule has 5 nitrogen and oxygen atoms in total. The van der Waals surface area contributed by atoms with Gasteiger partial charge in [-0.05, 0) is 37.0 Å². The summed E-state index contributed by atoms with van der Waals surface area (Å²) in [6, 6.07) is 5.64. The Labute approximate surface area is 144 Å².